The molecule has 0 aromatic heterocycles. The van der Waals surface area contributed by atoms with Crippen molar-refractivity contribution < 1.29 is 0 Å². The fourth-order valence-electron chi connectivity index (χ4n) is 3.28. The average Bonchev–Trinajstić information content (AvgIpc) is 2.56. The summed E-state index contributed by atoms with van der Waals surface area (Å²) in [7, 11) is 0. The topological polar surface area (TPSA) is 0 Å². The van der Waals surface area contributed by atoms with Crippen molar-refractivity contribution in [2.24, 2.45) is 5.92 Å². The lowest BCUT2D eigenvalue weighted by Gasteiger charge is -2.27. The molecule has 0 aliphatic heterocycles. The van der Waals surface area contributed by atoms with Gasteiger partial charge in [-0.25, -0.2) is 0 Å². The minimum Gasteiger partial charge on any atom is -0.103 e. The van der Waals surface area contributed by atoms with E-state index in [1.807, 2.05) is 12.1 Å². The predicted molar refractivity (Wildman–Crippen MR) is 91.8 cm³/mol. The maximum Gasteiger partial charge on any atom is 0.0406 e. The van der Waals surface area contributed by atoms with Gasteiger partial charge in [0.25, 0.3) is 0 Å². The minimum absolute atomic E-state index is 0.723. The minimum atomic E-state index is 0.723. The number of rotatable bonds is 3. The molecule has 1 fully saturated rings. The molecule has 1 aliphatic rings. The monoisotopic (exact) mass is 296 g/mol. The van der Waals surface area contributed by atoms with Crippen LogP contribution in [0.15, 0.2) is 61.2 Å². The SMILES string of the molecule is C=CC1CCC(c2ccc(-c3ccc(Cl)cc3)cc2)CC1. The molecule has 0 spiro atoms. The Morgan fingerprint density at radius 3 is 1.86 bits per heavy atom. The Balaban J connectivity index is 1.72. The summed E-state index contributed by atoms with van der Waals surface area (Å²) in [5, 5.41) is 0.786. The van der Waals surface area contributed by atoms with Crippen LogP contribution >= 0.6 is 11.6 Å². The van der Waals surface area contributed by atoms with Crippen LogP contribution in [-0.4, -0.2) is 0 Å². The highest BCUT2D eigenvalue weighted by Crippen LogP contribution is 2.36. The number of allylic oxidation sites excluding steroid dienone is 1. The summed E-state index contributed by atoms with van der Waals surface area (Å²) in [6.07, 6.45) is 7.27. The molecule has 0 bridgehead atoms. The second-order valence-electron chi connectivity index (χ2n) is 5.98. The lowest BCUT2D eigenvalue weighted by Crippen LogP contribution is -2.11. The molecule has 0 atom stereocenters. The first-order valence-electron chi connectivity index (χ1n) is 7.74. The van der Waals surface area contributed by atoms with Crippen molar-refractivity contribution in [1.82, 2.24) is 0 Å². The third-order valence-corrected chi connectivity index (χ3v) is 4.92. The third kappa shape index (κ3) is 3.39. The van der Waals surface area contributed by atoms with Crippen molar-refractivity contribution in [3.8, 4) is 11.1 Å². The molecule has 0 N–H and O–H groups in total. The Bertz CT molecular complexity index is 587. The van der Waals surface area contributed by atoms with Crippen LogP contribution in [0.5, 0.6) is 0 Å². The van der Waals surface area contributed by atoms with Gasteiger partial charge in [-0.05, 0) is 66.3 Å². The van der Waals surface area contributed by atoms with Gasteiger partial charge in [-0.1, -0.05) is 54.1 Å². The maximum atomic E-state index is 5.94. The predicted octanol–water partition coefficient (Wildman–Crippen LogP) is 6.47. The van der Waals surface area contributed by atoms with E-state index in [0.717, 1.165) is 16.9 Å². The smallest absolute Gasteiger partial charge is 0.0406 e. The molecular formula is C20H21Cl. The summed E-state index contributed by atoms with van der Waals surface area (Å²) in [5.74, 6) is 1.45. The molecule has 2 aromatic rings. The molecule has 1 heteroatoms. The Morgan fingerprint density at radius 2 is 1.33 bits per heavy atom. The van der Waals surface area contributed by atoms with E-state index in [1.54, 1.807) is 0 Å². The number of hydrogen-bond donors (Lipinski definition) is 0. The van der Waals surface area contributed by atoms with Gasteiger partial charge >= 0.3 is 0 Å². The molecule has 1 saturated carbocycles. The van der Waals surface area contributed by atoms with E-state index in [1.165, 1.54) is 42.4 Å². The summed E-state index contributed by atoms with van der Waals surface area (Å²) < 4.78 is 0. The van der Waals surface area contributed by atoms with Gasteiger partial charge in [-0.2, -0.15) is 0 Å². The van der Waals surface area contributed by atoms with Gasteiger partial charge in [0, 0.05) is 5.02 Å². The first kappa shape index (κ1) is 14.4. The molecule has 0 nitrogen and oxygen atoms in total. The molecule has 2 aromatic carbocycles. The normalized spacial score (nSPS) is 22.0. The van der Waals surface area contributed by atoms with Crippen molar-refractivity contribution in [1.29, 1.82) is 0 Å². The Labute approximate surface area is 132 Å². The summed E-state index contributed by atoms with van der Waals surface area (Å²) >= 11 is 5.94. The largest absolute Gasteiger partial charge is 0.103 e. The first-order chi connectivity index (χ1) is 10.3. The van der Waals surface area contributed by atoms with Crippen LogP contribution in [0.1, 0.15) is 37.2 Å². The average molecular weight is 297 g/mol. The fourth-order valence-corrected chi connectivity index (χ4v) is 3.40. The van der Waals surface area contributed by atoms with Crippen molar-refractivity contribution in [2.75, 3.05) is 0 Å². The first-order valence-corrected chi connectivity index (χ1v) is 8.12. The molecule has 21 heavy (non-hydrogen) atoms. The highest BCUT2D eigenvalue weighted by atomic mass is 35.5. The zero-order valence-corrected chi connectivity index (χ0v) is 13.0. The van der Waals surface area contributed by atoms with Crippen molar-refractivity contribution in [3.63, 3.8) is 0 Å². The van der Waals surface area contributed by atoms with Crippen LogP contribution in [0.2, 0.25) is 5.02 Å². The Hall–Kier alpha value is -1.53. The van der Waals surface area contributed by atoms with Crippen LogP contribution in [0, 0.1) is 5.92 Å². The Kier molecular flexibility index (Phi) is 4.45. The summed E-state index contributed by atoms with van der Waals surface area (Å²) in [6.45, 7) is 3.92. The van der Waals surface area contributed by atoms with Crippen LogP contribution in [0.4, 0.5) is 0 Å². The molecule has 0 heterocycles. The molecule has 1 aliphatic carbocycles. The third-order valence-electron chi connectivity index (χ3n) is 4.66. The van der Waals surface area contributed by atoms with Crippen LogP contribution < -0.4 is 0 Å². The highest BCUT2D eigenvalue weighted by molar-refractivity contribution is 6.30. The lowest BCUT2D eigenvalue weighted by molar-refractivity contribution is 0.376. The lowest BCUT2D eigenvalue weighted by atomic mass is 9.78. The number of hydrogen-bond acceptors (Lipinski definition) is 0. The van der Waals surface area contributed by atoms with Crippen molar-refractivity contribution in [2.45, 2.75) is 31.6 Å². The zero-order valence-electron chi connectivity index (χ0n) is 12.3. The van der Waals surface area contributed by atoms with E-state index in [0.29, 0.717) is 0 Å². The molecule has 108 valence electrons. The zero-order chi connectivity index (χ0) is 14.7. The second kappa shape index (κ2) is 6.49. The van der Waals surface area contributed by atoms with Gasteiger partial charge in [-0.3, -0.25) is 0 Å². The second-order valence-corrected chi connectivity index (χ2v) is 6.41. The Morgan fingerprint density at radius 1 is 0.810 bits per heavy atom. The molecule has 0 radical (unpaired) electrons. The highest BCUT2D eigenvalue weighted by Gasteiger charge is 2.20. The quantitative estimate of drug-likeness (QED) is 0.570. The maximum absolute atomic E-state index is 5.94. The summed E-state index contributed by atoms with van der Waals surface area (Å²) in [6, 6.07) is 17.1. The standard InChI is InChI=1S/C20H21Cl/c1-2-15-3-5-16(6-4-15)17-7-9-18(10-8-17)19-11-13-20(21)14-12-19/h2,7-16H,1,3-6H2. The van der Waals surface area contributed by atoms with E-state index in [9.17, 15) is 0 Å². The van der Waals surface area contributed by atoms with Gasteiger partial charge in [0.1, 0.15) is 0 Å². The summed E-state index contributed by atoms with van der Waals surface area (Å²) in [4.78, 5) is 0. The number of halogens is 1. The van der Waals surface area contributed by atoms with E-state index in [-0.39, 0.29) is 0 Å². The number of benzene rings is 2. The van der Waals surface area contributed by atoms with E-state index >= 15 is 0 Å². The van der Waals surface area contributed by atoms with Gasteiger partial charge in [0.15, 0.2) is 0 Å². The van der Waals surface area contributed by atoms with Crippen LogP contribution in [0.3, 0.4) is 0 Å². The molecule has 0 amide bonds. The van der Waals surface area contributed by atoms with E-state index in [4.69, 9.17) is 11.6 Å². The fraction of sp³-hybridized carbons (Fsp3) is 0.300. The van der Waals surface area contributed by atoms with Crippen molar-refractivity contribution >= 4 is 11.6 Å². The molecule has 0 saturated heterocycles. The van der Waals surface area contributed by atoms with Gasteiger partial charge < -0.3 is 0 Å². The molecule has 3 rings (SSSR count). The van der Waals surface area contributed by atoms with E-state index < -0.39 is 0 Å². The molecule has 0 unspecified atom stereocenters. The van der Waals surface area contributed by atoms with Gasteiger partial charge in [0.05, 0.1) is 0 Å². The van der Waals surface area contributed by atoms with Gasteiger partial charge in [-0.15, -0.1) is 6.58 Å². The van der Waals surface area contributed by atoms with E-state index in [2.05, 4.69) is 49.1 Å². The van der Waals surface area contributed by atoms with Crippen LogP contribution in [0.25, 0.3) is 11.1 Å². The summed E-state index contributed by atoms with van der Waals surface area (Å²) in [5.41, 5.74) is 3.96. The van der Waals surface area contributed by atoms with Crippen molar-refractivity contribution in [3.05, 3.63) is 71.8 Å². The van der Waals surface area contributed by atoms with Gasteiger partial charge in [0.2, 0.25) is 0 Å². The molecular weight excluding hydrogens is 276 g/mol. The van der Waals surface area contributed by atoms with Crippen LogP contribution in [-0.2, 0) is 0 Å².